The first-order chi connectivity index (χ1) is 14.4. The van der Waals surface area contributed by atoms with Crippen LogP contribution in [0.15, 0.2) is 24.3 Å². The first kappa shape index (κ1) is 20.6. The van der Waals surface area contributed by atoms with Crippen LogP contribution in [-0.2, 0) is 22.4 Å². The zero-order chi connectivity index (χ0) is 21.3. The van der Waals surface area contributed by atoms with Crippen LogP contribution in [0.3, 0.4) is 0 Å². The third-order valence-corrected chi connectivity index (χ3v) is 7.32. The molecule has 2 amide bonds. The molecule has 4 rings (SSSR count). The van der Waals surface area contributed by atoms with Gasteiger partial charge in [-0.3, -0.25) is 14.4 Å². The summed E-state index contributed by atoms with van der Waals surface area (Å²) in [4.78, 5) is 38.8. The maximum atomic E-state index is 13.1. The molecule has 6 nitrogen and oxygen atoms in total. The monoisotopic (exact) mass is 426 g/mol. The van der Waals surface area contributed by atoms with E-state index in [2.05, 4.69) is 10.6 Å². The number of carbonyl (C=O) groups is 3. The molecule has 7 heteroatoms. The molecule has 0 unspecified atom stereocenters. The molecule has 2 aliphatic carbocycles. The average molecular weight is 427 g/mol. The zero-order valence-corrected chi connectivity index (χ0v) is 17.8. The van der Waals surface area contributed by atoms with Crippen LogP contribution in [0.4, 0.5) is 10.7 Å². The van der Waals surface area contributed by atoms with Crippen LogP contribution in [-0.4, -0.2) is 22.9 Å². The normalized spacial score (nSPS) is 20.4. The molecule has 2 atom stereocenters. The summed E-state index contributed by atoms with van der Waals surface area (Å²) in [6, 6.07) is 7.59. The Kier molecular flexibility index (Phi) is 5.90. The van der Waals surface area contributed by atoms with Gasteiger partial charge in [-0.2, -0.15) is 0 Å². The van der Waals surface area contributed by atoms with Gasteiger partial charge in [-0.25, -0.2) is 0 Å². The second-order valence-electron chi connectivity index (χ2n) is 8.21. The van der Waals surface area contributed by atoms with Gasteiger partial charge in [-0.15, -0.1) is 11.3 Å². The maximum Gasteiger partial charge on any atom is 0.307 e. The Morgan fingerprint density at radius 2 is 1.67 bits per heavy atom. The number of fused-ring (bicyclic) bond motifs is 1. The number of carboxylic acid groups (broad SMARTS) is 1. The predicted molar refractivity (Wildman–Crippen MR) is 117 cm³/mol. The van der Waals surface area contributed by atoms with Gasteiger partial charge < -0.3 is 15.7 Å². The van der Waals surface area contributed by atoms with Crippen LogP contribution in [0.5, 0.6) is 0 Å². The van der Waals surface area contributed by atoms with E-state index >= 15 is 0 Å². The molecule has 0 aliphatic heterocycles. The van der Waals surface area contributed by atoms with Gasteiger partial charge in [0, 0.05) is 10.6 Å². The Morgan fingerprint density at radius 3 is 2.37 bits per heavy atom. The van der Waals surface area contributed by atoms with E-state index in [4.69, 9.17) is 0 Å². The van der Waals surface area contributed by atoms with Gasteiger partial charge in [0.1, 0.15) is 5.00 Å². The number of aryl methyl sites for hydroxylation is 2. The Hall–Kier alpha value is -2.67. The number of aliphatic carboxylic acids is 1. The summed E-state index contributed by atoms with van der Waals surface area (Å²) in [5.41, 5.74) is 3.36. The van der Waals surface area contributed by atoms with Crippen molar-refractivity contribution in [2.24, 2.45) is 11.8 Å². The molecule has 1 aromatic heterocycles. The Balaban J connectivity index is 1.58. The highest BCUT2D eigenvalue weighted by molar-refractivity contribution is 7.17. The number of carbonyl (C=O) groups excluding carboxylic acids is 2. The van der Waals surface area contributed by atoms with E-state index in [1.165, 1.54) is 11.3 Å². The molecule has 2 aromatic rings. The van der Waals surface area contributed by atoms with Crippen molar-refractivity contribution in [3.8, 4) is 0 Å². The fraction of sp³-hybridized carbons (Fsp3) is 0.435. The number of hydrogen-bond donors (Lipinski definition) is 3. The first-order valence-corrected chi connectivity index (χ1v) is 11.3. The highest BCUT2D eigenvalue weighted by atomic mass is 32.1. The summed E-state index contributed by atoms with van der Waals surface area (Å²) in [5.74, 6) is -2.64. The number of anilines is 2. The maximum absolute atomic E-state index is 13.1. The van der Waals surface area contributed by atoms with Crippen molar-refractivity contribution < 1.29 is 19.5 Å². The second-order valence-corrected chi connectivity index (χ2v) is 9.31. The van der Waals surface area contributed by atoms with Gasteiger partial charge in [0.15, 0.2) is 0 Å². The van der Waals surface area contributed by atoms with Crippen molar-refractivity contribution in [2.45, 2.75) is 51.9 Å². The van der Waals surface area contributed by atoms with Crippen molar-refractivity contribution in [1.82, 2.24) is 0 Å². The summed E-state index contributed by atoms with van der Waals surface area (Å²) in [7, 11) is 0. The molecule has 0 saturated heterocycles. The lowest BCUT2D eigenvalue weighted by Crippen LogP contribution is -2.36. The third kappa shape index (κ3) is 4.12. The number of nitrogens with one attached hydrogen (secondary N) is 2. The summed E-state index contributed by atoms with van der Waals surface area (Å²) in [5, 5.41) is 15.9. The lowest BCUT2D eigenvalue weighted by molar-refractivity contribution is -0.147. The number of rotatable bonds is 5. The molecule has 2 aliphatic rings. The van der Waals surface area contributed by atoms with Gasteiger partial charge in [0.25, 0.3) is 5.91 Å². The van der Waals surface area contributed by atoms with E-state index in [0.717, 1.165) is 48.1 Å². The summed E-state index contributed by atoms with van der Waals surface area (Å²) in [6.45, 7) is 1.99. The lowest BCUT2D eigenvalue weighted by Gasteiger charge is -2.27. The highest BCUT2D eigenvalue weighted by Gasteiger charge is 2.37. The predicted octanol–water partition coefficient (Wildman–Crippen LogP) is 4.63. The van der Waals surface area contributed by atoms with Crippen LogP contribution in [0.25, 0.3) is 0 Å². The number of amides is 2. The molecular formula is C23H26N2O4S. The van der Waals surface area contributed by atoms with Gasteiger partial charge in [0.2, 0.25) is 5.91 Å². The SMILES string of the molecule is Cc1ccc(NC(=O)c2c(NC(=O)[C@@H]3CCCC[C@@H]3C(=O)O)sc3c2CCC3)cc1. The van der Waals surface area contributed by atoms with E-state index in [-0.39, 0.29) is 11.8 Å². The van der Waals surface area contributed by atoms with E-state index < -0.39 is 17.8 Å². The van der Waals surface area contributed by atoms with Crippen LogP contribution in [0.1, 0.15) is 58.5 Å². The second kappa shape index (κ2) is 8.60. The summed E-state index contributed by atoms with van der Waals surface area (Å²) < 4.78 is 0. The van der Waals surface area contributed by atoms with Crippen molar-refractivity contribution in [2.75, 3.05) is 10.6 Å². The minimum absolute atomic E-state index is 0.230. The number of benzene rings is 1. The van der Waals surface area contributed by atoms with Crippen molar-refractivity contribution in [1.29, 1.82) is 0 Å². The topological polar surface area (TPSA) is 95.5 Å². The number of hydrogen-bond acceptors (Lipinski definition) is 4. The molecule has 1 heterocycles. The van der Waals surface area contributed by atoms with E-state index in [0.29, 0.717) is 29.1 Å². The van der Waals surface area contributed by atoms with Gasteiger partial charge in [-0.1, -0.05) is 30.5 Å². The summed E-state index contributed by atoms with van der Waals surface area (Å²) in [6.07, 6.45) is 5.50. The van der Waals surface area contributed by atoms with Crippen LogP contribution in [0.2, 0.25) is 0 Å². The number of carboxylic acids is 1. The molecule has 158 valence electrons. The molecule has 1 aromatic carbocycles. The number of thiophene rings is 1. The van der Waals surface area contributed by atoms with E-state index in [9.17, 15) is 19.5 Å². The van der Waals surface area contributed by atoms with E-state index in [1.54, 1.807) is 0 Å². The molecule has 30 heavy (non-hydrogen) atoms. The molecular weight excluding hydrogens is 400 g/mol. The first-order valence-electron chi connectivity index (χ1n) is 10.5. The Bertz CT molecular complexity index is 980. The summed E-state index contributed by atoms with van der Waals surface area (Å²) >= 11 is 1.45. The van der Waals surface area contributed by atoms with Crippen molar-refractivity contribution in [3.05, 3.63) is 45.8 Å². The minimum atomic E-state index is -0.916. The average Bonchev–Trinajstić information content (AvgIpc) is 3.30. The van der Waals surface area contributed by atoms with Gasteiger partial charge in [0.05, 0.1) is 17.4 Å². The molecule has 0 radical (unpaired) electrons. The highest BCUT2D eigenvalue weighted by Crippen LogP contribution is 2.40. The van der Waals surface area contributed by atoms with E-state index in [1.807, 2.05) is 31.2 Å². The third-order valence-electron chi connectivity index (χ3n) is 6.11. The minimum Gasteiger partial charge on any atom is -0.481 e. The van der Waals surface area contributed by atoms with Gasteiger partial charge >= 0.3 is 5.97 Å². The van der Waals surface area contributed by atoms with Crippen molar-refractivity contribution >= 4 is 39.8 Å². The molecule has 3 N–H and O–H groups in total. The Labute approximate surface area is 179 Å². The quantitative estimate of drug-likeness (QED) is 0.650. The standard InChI is InChI=1S/C23H26N2O4S/c1-13-9-11-14(12-10-13)24-21(27)19-17-7-4-8-18(17)30-22(19)25-20(26)15-5-2-3-6-16(15)23(28)29/h9-12,15-16H,2-8H2,1H3,(H,24,27)(H,25,26)(H,28,29)/t15-,16+/m1/s1. The van der Waals surface area contributed by atoms with Crippen LogP contribution < -0.4 is 10.6 Å². The fourth-order valence-corrected chi connectivity index (χ4v) is 5.80. The molecule has 0 bridgehead atoms. The lowest BCUT2D eigenvalue weighted by atomic mass is 9.79. The van der Waals surface area contributed by atoms with Gasteiger partial charge in [-0.05, 0) is 56.7 Å². The molecule has 0 spiro atoms. The van der Waals surface area contributed by atoms with Crippen molar-refractivity contribution in [3.63, 3.8) is 0 Å². The smallest absolute Gasteiger partial charge is 0.307 e. The molecule has 1 saturated carbocycles. The molecule has 1 fully saturated rings. The Morgan fingerprint density at radius 1 is 0.967 bits per heavy atom. The fourth-order valence-electron chi connectivity index (χ4n) is 4.51. The van der Waals surface area contributed by atoms with Crippen LogP contribution >= 0.6 is 11.3 Å². The zero-order valence-electron chi connectivity index (χ0n) is 17.0. The largest absolute Gasteiger partial charge is 0.481 e. The van der Waals surface area contributed by atoms with Crippen LogP contribution in [0, 0.1) is 18.8 Å².